The lowest BCUT2D eigenvalue weighted by molar-refractivity contribution is 0.343. The highest BCUT2D eigenvalue weighted by Gasteiger charge is 1.97. The average Bonchev–Trinajstić information content (AvgIpc) is 2.26. The molecule has 2 rings (SSSR count). The van der Waals surface area contributed by atoms with Gasteiger partial charge >= 0.3 is 0 Å². The zero-order valence-corrected chi connectivity index (χ0v) is 8.10. The van der Waals surface area contributed by atoms with Crippen molar-refractivity contribution in [3.63, 3.8) is 0 Å². The Bertz CT molecular complexity index is 555. The van der Waals surface area contributed by atoms with Crippen LogP contribution in [0.4, 0.5) is 0 Å². The maximum absolute atomic E-state index is 11.4. The summed E-state index contributed by atoms with van der Waals surface area (Å²) < 4.78 is 0. The van der Waals surface area contributed by atoms with E-state index in [-0.39, 0.29) is 12.0 Å². The number of pyridine rings is 1. The first-order valence-corrected chi connectivity index (χ1v) is 4.70. The highest BCUT2D eigenvalue weighted by molar-refractivity contribution is 5.80. The summed E-state index contributed by atoms with van der Waals surface area (Å²) in [5, 5.41) is 9.32. The Labute approximate surface area is 86.7 Å². The first kappa shape index (κ1) is 9.68. The van der Waals surface area contributed by atoms with Crippen LogP contribution >= 0.6 is 0 Å². The number of H-pyrrole nitrogens is 1. The molecule has 0 fully saturated rings. The molecule has 0 unspecified atom stereocenters. The molecule has 0 saturated heterocycles. The third-order valence-corrected chi connectivity index (χ3v) is 2.20. The van der Waals surface area contributed by atoms with Gasteiger partial charge in [-0.2, -0.15) is 0 Å². The molecular weight excluding hydrogens is 190 g/mol. The molecule has 0 radical (unpaired) electrons. The van der Waals surface area contributed by atoms with Crippen LogP contribution in [0.3, 0.4) is 0 Å². The molecule has 1 heterocycles. The molecule has 0 aliphatic rings. The Morgan fingerprint density at radius 3 is 3.00 bits per heavy atom. The second-order valence-corrected chi connectivity index (χ2v) is 3.23. The highest BCUT2D eigenvalue weighted by atomic mass is 16.2. The Balaban J connectivity index is 2.57. The zero-order valence-electron chi connectivity index (χ0n) is 8.10. The first-order valence-electron chi connectivity index (χ1n) is 4.70. The lowest BCUT2D eigenvalue weighted by atomic mass is 10.1. The summed E-state index contributed by atoms with van der Waals surface area (Å²) in [4.78, 5) is 14.4. The fourth-order valence-corrected chi connectivity index (χ4v) is 1.49. The number of fused-ring (bicyclic) bond motifs is 1. The summed E-state index contributed by atoms with van der Waals surface area (Å²) in [6.45, 7) is 0.0172. The standard InChI is InChI=1S/C12H11NO2/c14-7-1-2-9-3-4-10-11(8-9)13-6-5-12(10)15/h1-6,8,14H,7H2,(H,13,15). The summed E-state index contributed by atoms with van der Waals surface area (Å²) in [5.74, 6) is 0. The molecule has 1 aromatic carbocycles. The lowest BCUT2D eigenvalue weighted by Gasteiger charge is -1.98. The van der Waals surface area contributed by atoms with E-state index in [4.69, 9.17) is 5.11 Å². The van der Waals surface area contributed by atoms with Crippen LogP contribution in [0.15, 0.2) is 41.3 Å². The van der Waals surface area contributed by atoms with Crippen LogP contribution in [-0.2, 0) is 0 Å². The van der Waals surface area contributed by atoms with Gasteiger partial charge in [0, 0.05) is 23.2 Å². The molecule has 0 bridgehead atoms. The van der Waals surface area contributed by atoms with Crippen LogP contribution in [0.2, 0.25) is 0 Å². The molecule has 0 atom stereocenters. The van der Waals surface area contributed by atoms with Gasteiger partial charge in [-0.15, -0.1) is 0 Å². The fraction of sp³-hybridized carbons (Fsp3) is 0.0833. The van der Waals surface area contributed by atoms with Gasteiger partial charge in [0.2, 0.25) is 0 Å². The Hall–Kier alpha value is -1.87. The van der Waals surface area contributed by atoms with Crippen LogP contribution in [0.25, 0.3) is 17.0 Å². The van der Waals surface area contributed by atoms with Crippen molar-refractivity contribution in [2.75, 3.05) is 6.61 Å². The van der Waals surface area contributed by atoms with Gasteiger partial charge in [0.1, 0.15) is 0 Å². The number of aromatic nitrogens is 1. The minimum absolute atomic E-state index is 0.0152. The molecule has 0 saturated carbocycles. The van der Waals surface area contributed by atoms with E-state index in [1.807, 2.05) is 18.2 Å². The predicted molar refractivity (Wildman–Crippen MR) is 60.7 cm³/mol. The van der Waals surface area contributed by atoms with E-state index >= 15 is 0 Å². The number of nitrogens with one attached hydrogen (secondary N) is 1. The van der Waals surface area contributed by atoms with Crippen molar-refractivity contribution >= 4 is 17.0 Å². The number of benzene rings is 1. The zero-order chi connectivity index (χ0) is 10.7. The lowest BCUT2D eigenvalue weighted by Crippen LogP contribution is -1.99. The molecule has 0 amide bonds. The van der Waals surface area contributed by atoms with Crippen molar-refractivity contribution in [1.29, 1.82) is 0 Å². The van der Waals surface area contributed by atoms with Crippen molar-refractivity contribution < 1.29 is 5.11 Å². The number of aromatic amines is 1. The molecule has 2 aromatic rings. The van der Waals surface area contributed by atoms with Crippen molar-refractivity contribution in [2.24, 2.45) is 0 Å². The average molecular weight is 201 g/mol. The van der Waals surface area contributed by atoms with Gasteiger partial charge in [0.15, 0.2) is 5.43 Å². The van der Waals surface area contributed by atoms with E-state index in [0.717, 1.165) is 11.1 Å². The van der Waals surface area contributed by atoms with Crippen molar-refractivity contribution in [3.05, 3.63) is 52.3 Å². The maximum atomic E-state index is 11.4. The van der Waals surface area contributed by atoms with E-state index in [2.05, 4.69) is 4.98 Å². The molecule has 0 aliphatic carbocycles. The predicted octanol–water partition coefficient (Wildman–Crippen LogP) is 1.53. The van der Waals surface area contributed by atoms with Crippen LogP contribution in [0.1, 0.15) is 5.56 Å². The third-order valence-electron chi connectivity index (χ3n) is 2.20. The molecule has 0 spiro atoms. The summed E-state index contributed by atoms with van der Waals surface area (Å²) in [6, 6.07) is 7.02. The number of hydrogen-bond acceptors (Lipinski definition) is 2. The second kappa shape index (κ2) is 4.11. The molecule has 3 heteroatoms. The molecule has 1 aromatic heterocycles. The summed E-state index contributed by atoms with van der Waals surface area (Å²) in [7, 11) is 0. The molecular formula is C12H11NO2. The molecule has 2 N–H and O–H groups in total. The van der Waals surface area contributed by atoms with E-state index in [1.165, 1.54) is 6.07 Å². The molecule has 3 nitrogen and oxygen atoms in total. The van der Waals surface area contributed by atoms with Crippen LogP contribution < -0.4 is 5.43 Å². The quantitative estimate of drug-likeness (QED) is 0.774. The number of hydrogen-bond donors (Lipinski definition) is 2. The van der Waals surface area contributed by atoms with Crippen molar-refractivity contribution in [2.45, 2.75) is 0 Å². The van der Waals surface area contributed by atoms with Gasteiger partial charge in [-0.05, 0) is 17.7 Å². The Morgan fingerprint density at radius 1 is 1.33 bits per heavy atom. The number of aliphatic hydroxyl groups excluding tert-OH is 1. The summed E-state index contributed by atoms with van der Waals surface area (Å²) in [5.41, 5.74) is 1.78. The second-order valence-electron chi connectivity index (χ2n) is 3.23. The third kappa shape index (κ3) is 1.97. The van der Waals surface area contributed by atoms with Gasteiger partial charge < -0.3 is 10.1 Å². The molecule has 15 heavy (non-hydrogen) atoms. The van der Waals surface area contributed by atoms with Gasteiger partial charge in [0.05, 0.1) is 6.61 Å². The normalized spacial score (nSPS) is 11.3. The Kier molecular flexibility index (Phi) is 2.65. The smallest absolute Gasteiger partial charge is 0.189 e. The van der Waals surface area contributed by atoms with Crippen LogP contribution in [-0.4, -0.2) is 16.7 Å². The van der Waals surface area contributed by atoms with Crippen molar-refractivity contribution in [1.82, 2.24) is 4.98 Å². The SMILES string of the molecule is O=c1cc[nH]c2cc(C=CCO)ccc12. The monoisotopic (exact) mass is 201 g/mol. The van der Waals surface area contributed by atoms with Gasteiger partial charge in [0.25, 0.3) is 0 Å². The number of aliphatic hydroxyl groups is 1. The highest BCUT2D eigenvalue weighted by Crippen LogP contribution is 2.11. The topological polar surface area (TPSA) is 53.1 Å². The van der Waals surface area contributed by atoms with Gasteiger partial charge in [-0.3, -0.25) is 4.79 Å². The van der Waals surface area contributed by atoms with Crippen LogP contribution in [0, 0.1) is 0 Å². The maximum Gasteiger partial charge on any atom is 0.189 e. The largest absolute Gasteiger partial charge is 0.392 e. The van der Waals surface area contributed by atoms with Gasteiger partial charge in [-0.25, -0.2) is 0 Å². The van der Waals surface area contributed by atoms with E-state index in [1.54, 1.807) is 18.3 Å². The van der Waals surface area contributed by atoms with Gasteiger partial charge in [-0.1, -0.05) is 18.2 Å². The first-order chi connectivity index (χ1) is 7.31. The van der Waals surface area contributed by atoms with E-state index in [0.29, 0.717) is 5.39 Å². The summed E-state index contributed by atoms with van der Waals surface area (Å²) in [6.07, 6.45) is 5.09. The minimum atomic E-state index is 0.0152. The Morgan fingerprint density at radius 2 is 2.20 bits per heavy atom. The van der Waals surface area contributed by atoms with E-state index in [9.17, 15) is 4.79 Å². The van der Waals surface area contributed by atoms with Crippen molar-refractivity contribution in [3.8, 4) is 0 Å². The molecule has 0 aliphatic heterocycles. The van der Waals surface area contributed by atoms with Crippen LogP contribution in [0.5, 0.6) is 0 Å². The fourth-order valence-electron chi connectivity index (χ4n) is 1.49. The number of rotatable bonds is 2. The summed E-state index contributed by atoms with van der Waals surface area (Å²) >= 11 is 0. The van der Waals surface area contributed by atoms with E-state index < -0.39 is 0 Å². The molecule has 76 valence electrons. The minimum Gasteiger partial charge on any atom is -0.392 e.